The van der Waals surface area contributed by atoms with Crippen LogP contribution < -0.4 is 16.4 Å². The standard InChI is InChI=1S/C16H17F2N3O2/c1-2-23-16(22)21-15-7-12(18)14(8-13(15)19)20-9-10-3-5-11(17)6-4-10/h3-8,20H,2,9,19H2,1H3,(H,21,22). The molecule has 5 nitrogen and oxygen atoms in total. The lowest BCUT2D eigenvalue weighted by atomic mass is 10.2. The molecule has 0 aromatic heterocycles. The van der Waals surface area contributed by atoms with E-state index in [0.717, 1.165) is 11.6 Å². The number of halogens is 2. The van der Waals surface area contributed by atoms with Gasteiger partial charge in [-0.1, -0.05) is 12.1 Å². The summed E-state index contributed by atoms with van der Waals surface area (Å²) in [5.41, 5.74) is 7.10. The average molecular weight is 321 g/mol. The summed E-state index contributed by atoms with van der Waals surface area (Å²) >= 11 is 0. The number of hydrogen-bond acceptors (Lipinski definition) is 4. The van der Waals surface area contributed by atoms with Crippen LogP contribution in [0.25, 0.3) is 0 Å². The lowest BCUT2D eigenvalue weighted by molar-refractivity contribution is 0.168. The van der Waals surface area contributed by atoms with Crippen LogP contribution in [0.3, 0.4) is 0 Å². The van der Waals surface area contributed by atoms with Crippen molar-refractivity contribution in [3.05, 3.63) is 53.6 Å². The van der Waals surface area contributed by atoms with Gasteiger partial charge >= 0.3 is 6.09 Å². The Morgan fingerprint density at radius 3 is 2.52 bits per heavy atom. The van der Waals surface area contributed by atoms with Crippen molar-refractivity contribution in [2.45, 2.75) is 13.5 Å². The van der Waals surface area contributed by atoms with Gasteiger partial charge in [-0.25, -0.2) is 13.6 Å². The molecule has 0 aliphatic rings. The van der Waals surface area contributed by atoms with Gasteiger partial charge in [0.15, 0.2) is 0 Å². The van der Waals surface area contributed by atoms with Crippen molar-refractivity contribution in [2.24, 2.45) is 0 Å². The van der Waals surface area contributed by atoms with E-state index >= 15 is 0 Å². The first-order chi connectivity index (χ1) is 11.0. The van der Waals surface area contributed by atoms with Crippen molar-refractivity contribution < 1.29 is 18.3 Å². The van der Waals surface area contributed by atoms with Crippen LogP contribution in [0.5, 0.6) is 0 Å². The molecule has 0 bridgehead atoms. The molecule has 0 spiro atoms. The molecule has 122 valence electrons. The molecule has 0 aliphatic heterocycles. The smallest absolute Gasteiger partial charge is 0.411 e. The molecule has 2 aromatic carbocycles. The van der Waals surface area contributed by atoms with Crippen molar-refractivity contribution in [3.8, 4) is 0 Å². The van der Waals surface area contributed by atoms with Crippen LogP contribution in [-0.2, 0) is 11.3 Å². The highest BCUT2D eigenvalue weighted by Crippen LogP contribution is 2.27. The molecule has 7 heteroatoms. The normalized spacial score (nSPS) is 10.2. The van der Waals surface area contributed by atoms with Gasteiger partial charge in [-0.3, -0.25) is 5.32 Å². The Balaban J connectivity index is 2.07. The maximum atomic E-state index is 14.1. The minimum Gasteiger partial charge on any atom is -0.450 e. The topological polar surface area (TPSA) is 76.4 Å². The minimum absolute atomic E-state index is 0.133. The summed E-state index contributed by atoms with van der Waals surface area (Å²) in [4.78, 5) is 11.3. The fraction of sp³-hybridized carbons (Fsp3) is 0.188. The fourth-order valence-corrected chi connectivity index (χ4v) is 1.91. The number of rotatable bonds is 5. The van der Waals surface area contributed by atoms with Gasteiger partial charge in [-0.05, 0) is 30.7 Å². The molecule has 0 fully saturated rings. The van der Waals surface area contributed by atoms with Gasteiger partial charge in [0, 0.05) is 12.6 Å². The molecule has 0 radical (unpaired) electrons. The second-order valence-electron chi connectivity index (χ2n) is 4.74. The molecule has 0 saturated carbocycles. The molecule has 0 saturated heterocycles. The first kappa shape index (κ1) is 16.5. The molecule has 23 heavy (non-hydrogen) atoms. The van der Waals surface area contributed by atoms with E-state index in [2.05, 4.69) is 10.6 Å². The zero-order valence-corrected chi connectivity index (χ0v) is 12.5. The number of anilines is 3. The van der Waals surface area contributed by atoms with Crippen molar-refractivity contribution >= 4 is 23.2 Å². The average Bonchev–Trinajstić information content (AvgIpc) is 2.51. The molecule has 0 heterocycles. The summed E-state index contributed by atoms with van der Waals surface area (Å²) in [6, 6.07) is 8.34. The van der Waals surface area contributed by atoms with Gasteiger partial charge < -0.3 is 15.8 Å². The summed E-state index contributed by atoms with van der Waals surface area (Å²) in [6.45, 7) is 2.17. The number of hydrogen-bond donors (Lipinski definition) is 3. The first-order valence-electron chi connectivity index (χ1n) is 7.00. The van der Waals surface area contributed by atoms with E-state index in [-0.39, 0.29) is 29.5 Å². The molecule has 0 aliphatic carbocycles. The Hall–Kier alpha value is -2.83. The fourth-order valence-electron chi connectivity index (χ4n) is 1.91. The van der Waals surface area contributed by atoms with Crippen LogP contribution in [0.1, 0.15) is 12.5 Å². The highest BCUT2D eigenvalue weighted by molar-refractivity contribution is 5.89. The molecule has 2 aromatic rings. The number of nitrogens with two attached hydrogens (primary N) is 1. The number of ether oxygens (including phenoxy) is 1. The molecule has 1 amide bonds. The number of nitrogen functional groups attached to an aromatic ring is 1. The predicted molar refractivity (Wildman–Crippen MR) is 85.2 cm³/mol. The third-order valence-corrected chi connectivity index (χ3v) is 3.05. The third kappa shape index (κ3) is 4.57. The van der Waals surface area contributed by atoms with E-state index in [1.165, 1.54) is 18.2 Å². The molecule has 4 N–H and O–H groups in total. The Labute approximate surface area is 132 Å². The van der Waals surface area contributed by atoms with Gasteiger partial charge in [-0.2, -0.15) is 0 Å². The number of carbonyl (C=O) groups is 1. The van der Waals surface area contributed by atoms with Gasteiger partial charge in [0.2, 0.25) is 0 Å². The quantitative estimate of drug-likeness (QED) is 0.734. The zero-order chi connectivity index (χ0) is 16.8. The molecule has 0 unspecified atom stereocenters. The Bertz CT molecular complexity index is 690. The van der Waals surface area contributed by atoms with Crippen molar-refractivity contribution in [1.82, 2.24) is 0 Å². The zero-order valence-electron chi connectivity index (χ0n) is 12.5. The van der Waals surface area contributed by atoms with Gasteiger partial charge in [-0.15, -0.1) is 0 Å². The van der Waals surface area contributed by atoms with Crippen LogP contribution in [0, 0.1) is 11.6 Å². The summed E-state index contributed by atoms with van der Waals surface area (Å²) in [5, 5.41) is 5.24. The molecule has 0 atom stereocenters. The lowest BCUT2D eigenvalue weighted by Gasteiger charge is -2.13. The second kappa shape index (κ2) is 7.44. The highest BCUT2D eigenvalue weighted by atomic mass is 19.1. The van der Waals surface area contributed by atoms with E-state index in [1.807, 2.05) is 0 Å². The van der Waals surface area contributed by atoms with E-state index in [4.69, 9.17) is 10.5 Å². The summed E-state index contributed by atoms with van der Waals surface area (Å²) < 4.78 is 31.6. The molecular weight excluding hydrogens is 304 g/mol. The number of amides is 1. The number of benzene rings is 2. The predicted octanol–water partition coefficient (Wildman–Crippen LogP) is 3.73. The van der Waals surface area contributed by atoms with Crippen LogP contribution in [0.4, 0.5) is 30.6 Å². The van der Waals surface area contributed by atoms with Crippen LogP contribution in [0.15, 0.2) is 36.4 Å². The monoisotopic (exact) mass is 321 g/mol. The maximum Gasteiger partial charge on any atom is 0.411 e. The van der Waals surface area contributed by atoms with Gasteiger partial charge in [0.25, 0.3) is 0 Å². The van der Waals surface area contributed by atoms with E-state index in [9.17, 15) is 13.6 Å². The Morgan fingerprint density at radius 1 is 1.17 bits per heavy atom. The highest BCUT2D eigenvalue weighted by Gasteiger charge is 2.11. The minimum atomic E-state index is -0.703. The molecule has 2 rings (SSSR count). The SMILES string of the molecule is CCOC(=O)Nc1cc(F)c(NCc2ccc(F)cc2)cc1N. The van der Waals surface area contributed by atoms with E-state index < -0.39 is 11.9 Å². The van der Waals surface area contributed by atoms with Crippen molar-refractivity contribution in [3.63, 3.8) is 0 Å². The van der Waals surface area contributed by atoms with Crippen molar-refractivity contribution in [2.75, 3.05) is 23.0 Å². The van der Waals surface area contributed by atoms with Gasteiger partial charge in [0.1, 0.15) is 11.6 Å². The lowest BCUT2D eigenvalue weighted by Crippen LogP contribution is -2.15. The van der Waals surface area contributed by atoms with Crippen LogP contribution in [0.2, 0.25) is 0 Å². The van der Waals surface area contributed by atoms with E-state index in [0.29, 0.717) is 6.54 Å². The van der Waals surface area contributed by atoms with Crippen LogP contribution in [-0.4, -0.2) is 12.7 Å². The third-order valence-electron chi connectivity index (χ3n) is 3.05. The Kier molecular flexibility index (Phi) is 5.35. The van der Waals surface area contributed by atoms with Gasteiger partial charge in [0.05, 0.1) is 23.7 Å². The number of nitrogens with one attached hydrogen (secondary N) is 2. The largest absolute Gasteiger partial charge is 0.450 e. The summed E-state index contributed by atoms with van der Waals surface area (Å²) in [6.07, 6.45) is -0.703. The van der Waals surface area contributed by atoms with E-state index in [1.54, 1.807) is 19.1 Å². The number of carbonyl (C=O) groups excluding carboxylic acids is 1. The summed E-state index contributed by atoms with van der Waals surface area (Å²) in [7, 11) is 0. The molecular formula is C16H17F2N3O2. The first-order valence-corrected chi connectivity index (χ1v) is 7.00. The maximum absolute atomic E-state index is 14.1. The Morgan fingerprint density at radius 2 is 1.87 bits per heavy atom. The van der Waals surface area contributed by atoms with Crippen molar-refractivity contribution in [1.29, 1.82) is 0 Å². The summed E-state index contributed by atoms with van der Waals surface area (Å²) in [5.74, 6) is -0.910. The second-order valence-corrected chi connectivity index (χ2v) is 4.74. The van der Waals surface area contributed by atoms with Crippen LogP contribution >= 0.6 is 0 Å².